The molecule has 5 rings (SSSR count). The summed E-state index contributed by atoms with van der Waals surface area (Å²) < 4.78 is 0.913. The molecule has 1 heterocycles. The van der Waals surface area contributed by atoms with Crippen molar-refractivity contribution in [2.75, 3.05) is 11.5 Å². The van der Waals surface area contributed by atoms with Crippen LogP contribution in [0.15, 0.2) is 11.6 Å². The van der Waals surface area contributed by atoms with Gasteiger partial charge in [0.15, 0.2) is 0 Å². The Morgan fingerprint density at radius 1 is 0.962 bits per heavy atom. The number of hydrogen-bond acceptors (Lipinski definition) is 2. The fourth-order valence-electron chi connectivity index (χ4n) is 8.10. The van der Waals surface area contributed by atoms with Crippen molar-refractivity contribution in [1.29, 1.82) is 0 Å². The van der Waals surface area contributed by atoms with E-state index in [9.17, 15) is 0 Å². The van der Waals surface area contributed by atoms with E-state index in [0.29, 0.717) is 10.8 Å². The summed E-state index contributed by atoms with van der Waals surface area (Å²) in [7, 11) is 0. The molecule has 0 radical (unpaired) electrons. The van der Waals surface area contributed by atoms with E-state index >= 15 is 0 Å². The van der Waals surface area contributed by atoms with E-state index in [4.69, 9.17) is 0 Å². The molecular formula is C24H38S2. The maximum absolute atomic E-state index is 2.74. The van der Waals surface area contributed by atoms with Crippen LogP contribution in [-0.2, 0) is 0 Å². The molecule has 146 valence electrons. The topological polar surface area (TPSA) is 0 Å². The second-order valence-electron chi connectivity index (χ2n) is 10.5. The highest BCUT2D eigenvalue weighted by atomic mass is 32.2. The van der Waals surface area contributed by atoms with Crippen LogP contribution in [0.3, 0.4) is 0 Å². The lowest BCUT2D eigenvalue weighted by molar-refractivity contribution is -0.0416. The van der Waals surface area contributed by atoms with E-state index in [1.54, 1.807) is 6.42 Å². The van der Waals surface area contributed by atoms with Gasteiger partial charge in [-0.1, -0.05) is 31.9 Å². The van der Waals surface area contributed by atoms with Crippen molar-refractivity contribution in [3.8, 4) is 0 Å². The Morgan fingerprint density at radius 3 is 2.65 bits per heavy atom. The van der Waals surface area contributed by atoms with Gasteiger partial charge in [-0.05, 0) is 110 Å². The van der Waals surface area contributed by atoms with Crippen molar-refractivity contribution in [2.45, 2.75) is 89.1 Å². The third kappa shape index (κ3) is 2.87. The van der Waals surface area contributed by atoms with Gasteiger partial charge in [0.2, 0.25) is 0 Å². The summed E-state index contributed by atoms with van der Waals surface area (Å²) in [4.78, 5) is 0. The van der Waals surface area contributed by atoms with Crippen LogP contribution < -0.4 is 0 Å². The maximum atomic E-state index is 2.74. The highest BCUT2D eigenvalue weighted by Gasteiger charge is 2.58. The lowest BCUT2D eigenvalue weighted by atomic mass is 9.47. The Hall–Kier alpha value is 0.440. The Bertz CT molecular complexity index is 563. The van der Waals surface area contributed by atoms with Gasteiger partial charge in [-0.3, -0.25) is 0 Å². The number of hydrogen-bond donors (Lipinski definition) is 0. The Balaban J connectivity index is 1.35. The quantitative estimate of drug-likeness (QED) is 0.447. The molecule has 0 amide bonds. The van der Waals surface area contributed by atoms with Gasteiger partial charge < -0.3 is 0 Å². The summed E-state index contributed by atoms with van der Waals surface area (Å²) in [6, 6.07) is 0. The lowest BCUT2D eigenvalue weighted by Gasteiger charge is -2.58. The van der Waals surface area contributed by atoms with Crippen LogP contribution in [0.5, 0.6) is 0 Å². The minimum absolute atomic E-state index is 0.579. The van der Waals surface area contributed by atoms with E-state index in [1.807, 2.05) is 5.57 Å². The molecule has 26 heavy (non-hydrogen) atoms. The van der Waals surface area contributed by atoms with Gasteiger partial charge >= 0.3 is 0 Å². The van der Waals surface area contributed by atoms with E-state index in [-0.39, 0.29) is 0 Å². The minimum atomic E-state index is 0.579. The van der Waals surface area contributed by atoms with Crippen molar-refractivity contribution < 1.29 is 0 Å². The standard InChI is InChI=1S/C24H38S2/c1-23-12-4-3-6-17(23)7-9-19-20-10-8-18(16-22-25-14-5-15-26-22)24(20,2)13-11-21(19)23/h7,18-22H,3-6,8-16H2,1-2H3. The molecule has 6 unspecified atom stereocenters. The molecule has 5 aliphatic rings. The van der Waals surface area contributed by atoms with Gasteiger partial charge in [-0.15, -0.1) is 23.5 Å². The van der Waals surface area contributed by atoms with Gasteiger partial charge in [-0.2, -0.15) is 0 Å². The molecule has 1 saturated heterocycles. The van der Waals surface area contributed by atoms with Crippen molar-refractivity contribution in [3.05, 3.63) is 11.6 Å². The van der Waals surface area contributed by atoms with Crippen LogP contribution in [0.25, 0.3) is 0 Å². The number of allylic oxidation sites excluding steroid dienone is 2. The Morgan fingerprint density at radius 2 is 1.81 bits per heavy atom. The third-order valence-corrected chi connectivity index (χ3v) is 12.6. The van der Waals surface area contributed by atoms with E-state index in [2.05, 4.69) is 43.4 Å². The third-order valence-electron chi connectivity index (χ3n) is 9.59. The first-order chi connectivity index (χ1) is 12.6. The van der Waals surface area contributed by atoms with Crippen LogP contribution in [0.2, 0.25) is 0 Å². The van der Waals surface area contributed by atoms with Crippen molar-refractivity contribution >= 4 is 23.5 Å². The molecule has 6 atom stereocenters. The predicted octanol–water partition coefficient (Wildman–Crippen LogP) is 7.54. The summed E-state index contributed by atoms with van der Waals surface area (Å²) >= 11 is 4.56. The van der Waals surface area contributed by atoms with Crippen LogP contribution in [0.4, 0.5) is 0 Å². The monoisotopic (exact) mass is 390 g/mol. The second kappa shape index (κ2) is 7.05. The summed E-state index contributed by atoms with van der Waals surface area (Å²) in [5.74, 6) is 6.90. The molecule has 0 aromatic heterocycles. The fraction of sp³-hybridized carbons (Fsp3) is 0.917. The summed E-state index contributed by atoms with van der Waals surface area (Å²) in [5.41, 5.74) is 3.12. The van der Waals surface area contributed by atoms with Crippen molar-refractivity contribution in [3.63, 3.8) is 0 Å². The van der Waals surface area contributed by atoms with E-state index < -0.39 is 0 Å². The lowest BCUT2D eigenvalue weighted by Crippen LogP contribution is -2.49. The number of rotatable bonds is 2. The Labute approximate surface area is 170 Å². The number of fused-ring (bicyclic) bond motifs is 5. The highest BCUT2D eigenvalue weighted by molar-refractivity contribution is 8.17. The highest BCUT2D eigenvalue weighted by Crippen LogP contribution is 2.67. The first kappa shape index (κ1) is 18.5. The van der Waals surface area contributed by atoms with Crippen molar-refractivity contribution in [1.82, 2.24) is 0 Å². The molecule has 0 aromatic rings. The molecule has 0 aromatic carbocycles. The van der Waals surface area contributed by atoms with Gasteiger partial charge in [0.1, 0.15) is 0 Å². The van der Waals surface area contributed by atoms with Crippen molar-refractivity contribution in [2.24, 2.45) is 34.5 Å². The molecular weight excluding hydrogens is 352 g/mol. The first-order valence-corrected chi connectivity index (χ1v) is 13.6. The van der Waals surface area contributed by atoms with E-state index in [1.165, 1.54) is 75.7 Å². The van der Waals surface area contributed by atoms with Crippen LogP contribution in [0.1, 0.15) is 84.5 Å². The fourth-order valence-corrected chi connectivity index (χ4v) is 11.1. The first-order valence-electron chi connectivity index (χ1n) is 11.5. The molecule has 0 spiro atoms. The van der Waals surface area contributed by atoms with Crippen LogP contribution in [0, 0.1) is 34.5 Å². The van der Waals surface area contributed by atoms with Gasteiger partial charge in [0, 0.05) is 0 Å². The summed E-state index contributed by atoms with van der Waals surface area (Å²) in [5, 5.41) is 0. The van der Waals surface area contributed by atoms with Gasteiger partial charge in [0.25, 0.3) is 0 Å². The summed E-state index contributed by atoms with van der Waals surface area (Å²) in [6.07, 6.45) is 19.1. The zero-order valence-corrected chi connectivity index (χ0v) is 18.6. The molecule has 3 saturated carbocycles. The summed E-state index contributed by atoms with van der Waals surface area (Å²) in [6.45, 7) is 5.39. The van der Waals surface area contributed by atoms with E-state index in [0.717, 1.165) is 28.3 Å². The SMILES string of the molecule is CC12CCCCC1=CCC1C2CCC2(C)C(CC3SCCCS3)CCC12. The molecule has 0 N–H and O–H groups in total. The number of thioether (sulfide) groups is 2. The minimum Gasteiger partial charge on any atom is -0.148 e. The van der Waals surface area contributed by atoms with Crippen LogP contribution >= 0.6 is 23.5 Å². The maximum Gasteiger partial charge on any atom is 0.0505 e. The zero-order valence-electron chi connectivity index (χ0n) is 17.0. The smallest absolute Gasteiger partial charge is 0.0505 e. The molecule has 0 nitrogen and oxygen atoms in total. The zero-order chi connectivity index (χ0) is 17.8. The van der Waals surface area contributed by atoms with Crippen LogP contribution in [-0.4, -0.2) is 16.1 Å². The molecule has 4 fully saturated rings. The molecule has 0 bridgehead atoms. The average Bonchev–Trinajstić information content (AvgIpc) is 2.98. The average molecular weight is 391 g/mol. The normalized spacial score (nSPS) is 49.1. The second-order valence-corrected chi connectivity index (χ2v) is 13.5. The predicted molar refractivity (Wildman–Crippen MR) is 118 cm³/mol. The largest absolute Gasteiger partial charge is 0.148 e. The molecule has 1 aliphatic heterocycles. The Kier molecular flexibility index (Phi) is 5.00. The molecule has 2 heteroatoms. The van der Waals surface area contributed by atoms with Gasteiger partial charge in [0.05, 0.1) is 4.58 Å². The molecule has 4 aliphatic carbocycles. The van der Waals surface area contributed by atoms with Gasteiger partial charge in [-0.25, -0.2) is 0 Å².